The summed E-state index contributed by atoms with van der Waals surface area (Å²) in [5.41, 5.74) is 3.43. The summed E-state index contributed by atoms with van der Waals surface area (Å²) in [4.78, 5) is 13.0. The second-order valence-electron chi connectivity index (χ2n) is 9.03. The molecule has 0 amide bonds. The second-order valence-corrected chi connectivity index (χ2v) is 13.8. The number of fused-ring (bicyclic) bond motifs is 1. The van der Waals surface area contributed by atoms with E-state index in [1.165, 1.54) is 11.1 Å². The Morgan fingerprint density at radius 1 is 1.16 bits per heavy atom. The predicted molar refractivity (Wildman–Crippen MR) is 104 cm³/mol. The van der Waals surface area contributed by atoms with Crippen molar-refractivity contribution < 1.29 is 14.0 Å². The van der Waals surface area contributed by atoms with Crippen LogP contribution in [0.25, 0.3) is 0 Å². The first kappa shape index (κ1) is 18.8. The van der Waals surface area contributed by atoms with Crippen molar-refractivity contribution in [2.24, 2.45) is 5.92 Å². The summed E-state index contributed by atoms with van der Waals surface area (Å²) in [5, 5.41) is 0.200. The molecular weight excluding hydrogens is 328 g/mol. The van der Waals surface area contributed by atoms with Gasteiger partial charge in [0.1, 0.15) is 0 Å². The van der Waals surface area contributed by atoms with E-state index in [2.05, 4.69) is 39.9 Å². The molecule has 1 saturated heterocycles. The molecule has 0 aromatic heterocycles. The van der Waals surface area contributed by atoms with E-state index in [-0.39, 0.29) is 17.1 Å². The van der Waals surface area contributed by atoms with Crippen LogP contribution >= 0.6 is 0 Å². The van der Waals surface area contributed by atoms with Gasteiger partial charge in [-0.15, -0.1) is 0 Å². The van der Waals surface area contributed by atoms with Gasteiger partial charge in [-0.1, -0.05) is 39.0 Å². The minimum atomic E-state index is -1.82. The third-order valence-electron chi connectivity index (χ3n) is 6.32. The summed E-state index contributed by atoms with van der Waals surface area (Å²) in [6, 6.07) is 6.23. The molecule has 1 aliphatic carbocycles. The highest BCUT2D eigenvalue weighted by Gasteiger charge is 2.41. The summed E-state index contributed by atoms with van der Waals surface area (Å²) in [6.45, 7) is 12.9. The van der Waals surface area contributed by atoms with Crippen molar-refractivity contribution in [2.75, 3.05) is 13.2 Å². The number of rotatable bonds is 4. The molecule has 1 unspecified atom stereocenters. The molecule has 1 heterocycles. The maximum absolute atomic E-state index is 13.0. The fourth-order valence-corrected chi connectivity index (χ4v) is 4.99. The molecule has 0 spiro atoms. The number of hydrogen-bond donors (Lipinski definition) is 0. The van der Waals surface area contributed by atoms with E-state index in [9.17, 15) is 4.79 Å². The molecule has 25 heavy (non-hydrogen) atoms. The van der Waals surface area contributed by atoms with Crippen LogP contribution in [0.5, 0.6) is 0 Å². The molecule has 0 saturated carbocycles. The maximum atomic E-state index is 13.0. The molecule has 0 radical (unpaired) electrons. The first-order valence-electron chi connectivity index (χ1n) is 9.62. The van der Waals surface area contributed by atoms with Crippen molar-refractivity contribution in [3.63, 3.8) is 0 Å². The van der Waals surface area contributed by atoms with Crippen molar-refractivity contribution in [1.82, 2.24) is 0 Å². The van der Waals surface area contributed by atoms with Crippen LogP contribution in [0.2, 0.25) is 18.1 Å². The Balaban J connectivity index is 1.83. The van der Waals surface area contributed by atoms with Gasteiger partial charge in [0.15, 0.2) is 14.1 Å². The molecule has 1 aliphatic heterocycles. The van der Waals surface area contributed by atoms with Gasteiger partial charge >= 0.3 is 0 Å². The number of Topliss-reactive ketones (excluding diaryl/α,β-unsaturated/α-hetero) is 1. The quantitative estimate of drug-likeness (QED) is 0.539. The van der Waals surface area contributed by atoms with Crippen molar-refractivity contribution in [2.45, 2.75) is 70.7 Å². The number of carbonyl (C=O) groups excluding carboxylic acids is 1. The SMILES string of the molecule is CC(C)(C)[Si](C)(C)OC1CCc2c(C(=O)C3CCOCC3)cccc21. The summed E-state index contributed by atoms with van der Waals surface area (Å²) in [6.07, 6.45) is 3.82. The van der Waals surface area contributed by atoms with Crippen LogP contribution in [-0.4, -0.2) is 27.3 Å². The van der Waals surface area contributed by atoms with Crippen LogP contribution < -0.4 is 0 Å². The molecular formula is C21H32O3Si. The van der Waals surface area contributed by atoms with Gasteiger partial charge in [-0.05, 0) is 54.9 Å². The van der Waals surface area contributed by atoms with Crippen molar-refractivity contribution >= 4 is 14.1 Å². The molecule has 0 bridgehead atoms. The summed E-state index contributed by atoms with van der Waals surface area (Å²) < 4.78 is 12.1. The molecule has 1 atom stereocenters. The number of benzene rings is 1. The monoisotopic (exact) mass is 360 g/mol. The van der Waals surface area contributed by atoms with Gasteiger partial charge in [0.25, 0.3) is 0 Å². The van der Waals surface area contributed by atoms with Crippen LogP contribution in [0.4, 0.5) is 0 Å². The average Bonchev–Trinajstić information content (AvgIpc) is 2.96. The van der Waals surface area contributed by atoms with Gasteiger partial charge in [-0.3, -0.25) is 4.79 Å². The lowest BCUT2D eigenvalue weighted by molar-refractivity contribution is 0.0544. The molecule has 3 rings (SSSR count). The van der Waals surface area contributed by atoms with E-state index < -0.39 is 8.32 Å². The van der Waals surface area contributed by atoms with E-state index in [1.54, 1.807) is 0 Å². The third kappa shape index (κ3) is 3.76. The lowest BCUT2D eigenvalue weighted by atomic mass is 9.88. The Morgan fingerprint density at radius 2 is 1.84 bits per heavy atom. The molecule has 3 nitrogen and oxygen atoms in total. The summed E-state index contributed by atoms with van der Waals surface area (Å²) in [7, 11) is -1.82. The lowest BCUT2D eigenvalue weighted by Gasteiger charge is -2.38. The molecule has 1 aromatic rings. The zero-order chi connectivity index (χ0) is 18.2. The van der Waals surface area contributed by atoms with E-state index >= 15 is 0 Å². The molecule has 1 aromatic carbocycles. The highest BCUT2D eigenvalue weighted by Crippen LogP contribution is 2.44. The van der Waals surface area contributed by atoms with Gasteiger partial charge in [-0.25, -0.2) is 0 Å². The Hall–Kier alpha value is -0.973. The van der Waals surface area contributed by atoms with Crippen LogP contribution in [0.15, 0.2) is 18.2 Å². The fraction of sp³-hybridized carbons (Fsp3) is 0.667. The molecule has 1 fully saturated rings. The number of carbonyl (C=O) groups is 1. The Bertz CT molecular complexity index is 639. The Kier molecular flexibility index (Phi) is 5.25. The van der Waals surface area contributed by atoms with E-state index in [4.69, 9.17) is 9.16 Å². The van der Waals surface area contributed by atoms with E-state index in [1.807, 2.05) is 12.1 Å². The Morgan fingerprint density at radius 3 is 2.48 bits per heavy atom. The third-order valence-corrected chi connectivity index (χ3v) is 10.8. The van der Waals surface area contributed by atoms with Gasteiger partial charge < -0.3 is 9.16 Å². The van der Waals surface area contributed by atoms with Crippen molar-refractivity contribution in [3.8, 4) is 0 Å². The fourth-order valence-electron chi connectivity index (χ4n) is 3.68. The van der Waals surface area contributed by atoms with E-state index in [0.29, 0.717) is 19.0 Å². The lowest BCUT2D eigenvalue weighted by Crippen LogP contribution is -2.41. The van der Waals surface area contributed by atoms with E-state index in [0.717, 1.165) is 31.2 Å². The zero-order valence-corrected chi connectivity index (χ0v) is 17.4. The number of hydrogen-bond acceptors (Lipinski definition) is 3. The maximum Gasteiger partial charge on any atom is 0.192 e. The smallest absolute Gasteiger partial charge is 0.192 e. The highest BCUT2D eigenvalue weighted by molar-refractivity contribution is 6.74. The summed E-state index contributed by atoms with van der Waals surface area (Å²) >= 11 is 0. The van der Waals surface area contributed by atoms with Crippen LogP contribution in [-0.2, 0) is 15.6 Å². The number of ether oxygens (including phenoxy) is 1. The van der Waals surface area contributed by atoms with Crippen LogP contribution in [0, 0.1) is 5.92 Å². The average molecular weight is 361 g/mol. The molecule has 138 valence electrons. The molecule has 4 heteroatoms. The topological polar surface area (TPSA) is 35.5 Å². The summed E-state index contributed by atoms with van der Waals surface area (Å²) in [5.74, 6) is 0.439. The first-order valence-corrected chi connectivity index (χ1v) is 12.5. The Labute approximate surface area is 153 Å². The largest absolute Gasteiger partial charge is 0.410 e. The first-order chi connectivity index (χ1) is 11.7. The van der Waals surface area contributed by atoms with Crippen LogP contribution in [0.1, 0.15) is 67.6 Å². The molecule has 0 N–H and O–H groups in total. The molecule has 2 aliphatic rings. The minimum absolute atomic E-state index is 0.126. The van der Waals surface area contributed by atoms with Gasteiger partial charge in [0.05, 0.1) is 6.10 Å². The van der Waals surface area contributed by atoms with Gasteiger partial charge in [-0.2, -0.15) is 0 Å². The normalized spacial score (nSPS) is 22.0. The highest BCUT2D eigenvalue weighted by atomic mass is 28.4. The minimum Gasteiger partial charge on any atom is -0.410 e. The number of ketones is 1. The van der Waals surface area contributed by atoms with Gasteiger partial charge in [0, 0.05) is 24.7 Å². The second kappa shape index (κ2) is 6.97. The zero-order valence-electron chi connectivity index (χ0n) is 16.4. The standard InChI is InChI=1S/C21H32O3Si/c1-21(2,3)25(4,5)24-19-10-9-16-17(19)7-6-8-18(16)20(22)15-11-13-23-14-12-15/h6-8,15,19H,9-14H2,1-5H3. The predicted octanol–water partition coefficient (Wildman–Crippen LogP) is 5.31. The van der Waals surface area contributed by atoms with Crippen molar-refractivity contribution in [1.29, 1.82) is 0 Å². The van der Waals surface area contributed by atoms with Gasteiger partial charge in [0.2, 0.25) is 0 Å². The van der Waals surface area contributed by atoms with Crippen molar-refractivity contribution in [3.05, 3.63) is 34.9 Å². The van der Waals surface area contributed by atoms with Crippen LogP contribution in [0.3, 0.4) is 0 Å².